The van der Waals surface area contributed by atoms with Gasteiger partial charge >= 0.3 is 0 Å². The summed E-state index contributed by atoms with van der Waals surface area (Å²) in [6.45, 7) is 2.53. The van der Waals surface area contributed by atoms with E-state index in [2.05, 4.69) is 43.8 Å². The minimum atomic E-state index is -0.365. The molecule has 0 aliphatic rings. The molecule has 0 amide bonds. The van der Waals surface area contributed by atoms with Crippen LogP contribution < -0.4 is 0 Å². The Bertz CT molecular complexity index is 133. The third kappa shape index (κ3) is 12.5. The van der Waals surface area contributed by atoms with Crippen molar-refractivity contribution in [2.45, 2.75) is 42.0 Å². The van der Waals surface area contributed by atoms with Crippen molar-refractivity contribution in [1.82, 2.24) is 9.80 Å². The molecule has 0 fully saturated rings. The summed E-state index contributed by atoms with van der Waals surface area (Å²) in [4.78, 5) is 4.59. The van der Waals surface area contributed by atoms with Gasteiger partial charge in [0.15, 0.2) is 0 Å². The summed E-state index contributed by atoms with van der Waals surface area (Å²) in [5, 5.41) is 3.10. The zero-order chi connectivity index (χ0) is 12.4. The third-order valence-corrected chi connectivity index (χ3v) is 5.89. The maximum Gasteiger partial charge on any atom is 0.258 e. The summed E-state index contributed by atoms with van der Waals surface area (Å²) >= 11 is -0.365. The van der Waals surface area contributed by atoms with Gasteiger partial charge in [0.05, 0.1) is 0 Å². The Morgan fingerprint density at radius 1 is 0.688 bits per heavy atom. The number of nitrogens with zero attached hydrogens (tertiary/aromatic N) is 2. The third-order valence-electron chi connectivity index (χ3n) is 3.10. The Balaban J connectivity index is 3.21. The van der Waals surface area contributed by atoms with Crippen molar-refractivity contribution >= 4 is 14.1 Å². The van der Waals surface area contributed by atoms with E-state index in [0.717, 1.165) is 0 Å². The molecule has 0 spiro atoms. The van der Waals surface area contributed by atoms with Gasteiger partial charge in [-0.25, -0.2) is 0 Å². The average molecular weight is 242 g/mol. The van der Waals surface area contributed by atoms with Crippen LogP contribution >= 0.6 is 0 Å². The SMILES string of the molecule is CN(C)CCC[CH2][Al]([CH3])[CH2]CCCN(C)C. The molecule has 0 bridgehead atoms. The average Bonchev–Trinajstić information content (AvgIpc) is 2.19. The Hall–Kier alpha value is 0.452. The molecule has 0 saturated heterocycles. The summed E-state index contributed by atoms with van der Waals surface area (Å²) in [6, 6.07) is 0. The fourth-order valence-corrected chi connectivity index (χ4v) is 4.25. The van der Waals surface area contributed by atoms with Crippen molar-refractivity contribution in [2.75, 3.05) is 41.3 Å². The molecule has 0 aromatic rings. The van der Waals surface area contributed by atoms with Crippen LogP contribution in [-0.2, 0) is 0 Å². The minimum Gasteiger partial charge on any atom is -0.309 e. The highest BCUT2D eigenvalue weighted by molar-refractivity contribution is 6.57. The Labute approximate surface area is 107 Å². The van der Waals surface area contributed by atoms with Crippen molar-refractivity contribution in [2.24, 2.45) is 0 Å². The maximum atomic E-state index is 2.55. The van der Waals surface area contributed by atoms with Crippen molar-refractivity contribution in [3.63, 3.8) is 0 Å². The van der Waals surface area contributed by atoms with E-state index in [0.29, 0.717) is 0 Å². The van der Waals surface area contributed by atoms with Gasteiger partial charge in [-0.05, 0) is 54.1 Å². The van der Waals surface area contributed by atoms with E-state index in [-0.39, 0.29) is 14.1 Å². The molecular formula is C13H31AlN2. The molecule has 0 aliphatic carbocycles. The summed E-state index contributed by atoms with van der Waals surface area (Å²) in [7, 11) is 8.68. The normalized spacial score (nSPS) is 11.4. The van der Waals surface area contributed by atoms with E-state index in [1.54, 1.807) is 10.6 Å². The molecule has 0 heterocycles. The molecule has 0 N–H and O–H groups in total. The Kier molecular flexibility index (Phi) is 10.9. The highest BCUT2D eigenvalue weighted by Crippen LogP contribution is 2.10. The van der Waals surface area contributed by atoms with Gasteiger partial charge in [-0.2, -0.15) is 0 Å². The first-order valence-corrected chi connectivity index (χ1v) is 9.60. The lowest BCUT2D eigenvalue weighted by Crippen LogP contribution is -2.15. The molecular weight excluding hydrogens is 211 g/mol. The lowest BCUT2D eigenvalue weighted by Gasteiger charge is -2.11. The molecule has 2 nitrogen and oxygen atoms in total. The van der Waals surface area contributed by atoms with Crippen molar-refractivity contribution < 1.29 is 0 Å². The summed E-state index contributed by atoms with van der Waals surface area (Å²) in [5.74, 6) is 2.55. The largest absolute Gasteiger partial charge is 0.309 e. The standard InChI is InChI=1S/2C6H14N.CH3.Al/c2*1-4-5-6-7(2)3;;/h2*1,4-6H2,2-3H3;1H3;. The molecule has 0 aliphatic heterocycles. The van der Waals surface area contributed by atoms with Crippen LogP contribution in [0.4, 0.5) is 0 Å². The Morgan fingerprint density at radius 3 is 1.38 bits per heavy atom. The number of hydrogen-bond donors (Lipinski definition) is 0. The van der Waals surface area contributed by atoms with Gasteiger partial charge in [-0.1, -0.05) is 23.4 Å². The van der Waals surface area contributed by atoms with E-state index < -0.39 is 0 Å². The summed E-state index contributed by atoms with van der Waals surface area (Å²) in [5.41, 5.74) is 0. The van der Waals surface area contributed by atoms with Crippen LogP contribution in [0.1, 0.15) is 25.7 Å². The van der Waals surface area contributed by atoms with E-state index >= 15 is 0 Å². The van der Waals surface area contributed by atoms with Gasteiger partial charge in [0.2, 0.25) is 0 Å². The predicted molar refractivity (Wildman–Crippen MR) is 76.8 cm³/mol. The number of rotatable bonds is 10. The molecule has 0 aromatic carbocycles. The molecule has 0 saturated carbocycles. The molecule has 16 heavy (non-hydrogen) atoms. The first-order valence-electron chi connectivity index (χ1n) is 6.82. The fourth-order valence-electron chi connectivity index (χ4n) is 1.99. The van der Waals surface area contributed by atoms with Crippen LogP contribution in [0.5, 0.6) is 0 Å². The Morgan fingerprint density at radius 2 is 1.06 bits per heavy atom. The fraction of sp³-hybridized carbons (Fsp3) is 1.00. The smallest absolute Gasteiger partial charge is 0.258 e. The highest BCUT2D eigenvalue weighted by atomic mass is 27.2. The molecule has 0 aromatic heterocycles. The molecule has 0 rings (SSSR count). The molecule has 3 heteroatoms. The highest BCUT2D eigenvalue weighted by Gasteiger charge is 2.08. The second-order valence-electron chi connectivity index (χ2n) is 5.70. The summed E-state index contributed by atoms with van der Waals surface area (Å²) < 4.78 is 0. The van der Waals surface area contributed by atoms with Gasteiger partial charge in [-0.15, -0.1) is 5.79 Å². The van der Waals surface area contributed by atoms with Crippen molar-refractivity contribution in [3.8, 4) is 0 Å². The summed E-state index contributed by atoms with van der Waals surface area (Å²) in [6.07, 6.45) is 5.70. The minimum absolute atomic E-state index is 0.365. The molecule has 0 radical (unpaired) electrons. The lowest BCUT2D eigenvalue weighted by atomic mass is 10.3. The number of hydrogen-bond acceptors (Lipinski definition) is 2. The van der Waals surface area contributed by atoms with Crippen LogP contribution in [0.2, 0.25) is 16.4 Å². The van der Waals surface area contributed by atoms with Crippen LogP contribution in [0.3, 0.4) is 0 Å². The van der Waals surface area contributed by atoms with Crippen LogP contribution in [0.25, 0.3) is 0 Å². The van der Waals surface area contributed by atoms with Gasteiger partial charge in [0, 0.05) is 0 Å². The zero-order valence-corrected chi connectivity index (χ0v) is 13.3. The maximum absolute atomic E-state index is 2.55. The van der Waals surface area contributed by atoms with Crippen molar-refractivity contribution in [1.29, 1.82) is 0 Å². The van der Waals surface area contributed by atoms with Gasteiger partial charge in [0.1, 0.15) is 0 Å². The van der Waals surface area contributed by atoms with Crippen molar-refractivity contribution in [3.05, 3.63) is 0 Å². The van der Waals surface area contributed by atoms with E-state index in [4.69, 9.17) is 0 Å². The predicted octanol–water partition coefficient (Wildman–Crippen LogP) is 2.79. The first kappa shape index (κ1) is 16.5. The van der Waals surface area contributed by atoms with Gasteiger partial charge in [0.25, 0.3) is 14.1 Å². The van der Waals surface area contributed by atoms with Crippen LogP contribution in [-0.4, -0.2) is 65.2 Å². The first-order chi connectivity index (χ1) is 7.52. The van der Waals surface area contributed by atoms with Crippen LogP contribution in [0.15, 0.2) is 0 Å². The molecule has 0 unspecified atom stereocenters. The van der Waals surface area contributed by atoms with Gasteiger partial charge < -0.3 is 9.80 Å². The van der Waals surface area contributed by atoms with E-state index in [1.165, 1.54) is 38.8 Å². The zero-order valence-electron chi connectivity index (χ0n) is 12.1. The van der Waals surface area contributed by atoms with E-state index in [1.807, 2.05) is 0 Å². The van der Waals surface area contributed by atoms with Crippen LogP contribution in [0, 0.1) is 0 Å². The second kappa shape index (κ2) is 10.6. The second-order valence-corrected chi connectivity index (χ2v) is 9.07. The van der Waals surface area contributed by atoms with E-state index in [9.17, 15) is 0 Å². The topological polar surface area (TPSA) is 6.48 Å². The molecule has 0 atom stereocenters. The molecule has 96 valence electrons. The number of unbranched alkanes of at least 4 members (excludes halogenated alkanes) is 2. The lowest BCUT2D eigenvalue weighted by molar-refractivity contribution is 0.396. The quantitative estimate of drug-likeness (QED) is 0.429. The van der Waals surface area contributed by atoms with Gasteiger partial charge in [-0.3, -0.25) is 0 Å². The monoisotopic (exact) mass is 242 g/mol.